The standard InChI is InChI=1S/C14H21FN4O.HI/c1-3-8-17-13(20)10-19-14(16-2)18-9-11-4-6-12(15)7-5-11;/h4-7H,3,8-10H2,1-2H3,(H,17,20)(H2,16,18,19);1H. The van der Waals surface area contributed by atoms with Crippen LogP contribution >= 0.6 is 24.0 Å². The van der Waals surface area contributed by atoms with E-state index in [2.05, 4.69) is 20.9 Å². The van der Waals surface area contributed by atoms with Gasteiger partial charge in [0.15, 0.2) is 5.96 Å². The van der Waals surface area contributed by atoms with Gasteiger partial charge in [0.1, 0.15) is 5.82 Å². The molecule has 1 aromatic carbocycles. The number of carbonyl (C=O) groups is 1. The summed E-state index contributed by atoms with van der Waals surface area (Å²) in [5, 5.41) is 8.73. The Morgan fingerprint density at radius 3 is 2.43 bits per heavy atom. The van der Waals surface area contributed by atoms with Crippen molar-refractivity contribution in [3.8, 4) is 0 Å². The summed E-state index contributed by atoms with van der Waals surface area (Å²) in [6.45, 7) is 3.35. The van der Waals surface area contributed by atoms with Gasteiger partial charge in [0, 0.05) is 20.1 Å². The molecule has 5 nitrogen and oxygen atoms in total. The SMILES string of the molecule is CCCNC(=O)CNC(=NC)NCc1ccc(F)cc1.I. The molecular weight excluding hydrogens is 386 g/mol. The zero-order valence-corrected chi connectivity index (χ0v) is 14.6. The molecule has 0 aliphatic heterocycles. The van der Waals surface area contributed by atoms with Crippen molar-refractivity contribution < 1.29 is 9.18 Å². The van der Waals surface area contributed by atoms with E-state index in [9.17, 15) is 9.18 Å². The number of rotatable bonds is 6. The normalized spacial score (nSPS) is 10.5. The maximum atomic E-state index is 12.8. The second-order valence-corrected chi connectivity index (χ2v) is 4.26. The molecule has 0 saturated heterocycles. The lowest BCUT2D eigenvalue weighted by Crippen LogP contribution is -2.43. The van der Waals surface area contributed by atoms with Gasteiger partial charge >= 0.3 is 0 Å². The average molecular weight is 408 g/mol. The molecule has 21 heavy (non-hydrogen) atoms. The third-order valence-electron chi connectivity index (χ3n) is 2.59. The fourth-order valence-electron chi connectivity index (χ4n) is 1.50. The summed E-state index contributed by atoms with van der Waals surface area (Å²) in [4.78, 5) is 15.4. The molecule has 0 spiro atoms. The van der Waals surface area contributed by atoms with E-state index in [1.807, 2.05) is 6.92 Å². The molecule has 118 valence electrons. The fourth-order valence-corrected chi connectivity index (χ4v) is 1.50. The molecule has 0 bridgehead atoms. The van der Waals surface area contributed by atoms with E-state index in [1.54, 1.807) is 19.2 Å². The predicted molar refractivity (Wildman–Crippen MR) is 93.3 cm³/mol. The summed E-state index contributed by atoms with van der Waals surface area (Å²) in [5.41, 5.74) is 0.935. The van der Waals surface area contributed by atoms with E-state index in [1.165, 1.54) is 12.1 Å². The van der Waals surface area contributed by atoms with Crippen molar-refractivity contribution in [2.45, 2.75) is 19.9 Å². The van der Waals surface area contributed by atoms with Crippen LogP contribution in [0.1, 0.15) is 18.9 Å². The van der Waals surface area contributed by atoms with Crippen molar-refractivity contribution in [3.63, 3.8) is 0 Å². The first-order valence-electron chi connectivity index (χ1n) is 6.61. The highest BCUT2D eigenvalue weighted by molar-refractivity contribution is 14.0. The van der Waals surface area contributed by atoms with Crippen molar-refractivity contribution in [2.24, 2.45) is 4.99 Å². The number of benzene rings is 1. The number of hydrogen-bond acceptors (Lipinski definition) is 2. The van der Waals surface area contributed by atoms with Gasteiger partial charge in [-0.2, -0.15) is 0 Å². The van der Waals surface area contributed by atoms with Crippen LogP contribution in [-0.4, -0.2) is 32.0 Å². The van der Waals surface area contributed by atoms with Crippen LogP contribution < -0.4 is 16.0 Å². The molecule has 0 aliphatic rings. The third kappa shape index (κ3) is 8.49. The smallest absolute Gasteiger partial charge is 0.239 e. The second-order valence-electron chi connectivity index (χ2n) is 4.26. The largest absolute Gasteiger partial charge is 0.355 e. The highest BCUT2D eigenvalue weighted by Crippen LogP contribution is 2.01. The minimum Gasteiger partial charge on any atom is -0.355 e. The molecule has 0 unspecified atom stereocenters. The number of nitrogens with zero attached hydrogens (tertiary/aromatic N) is 1. The number of amides is 1. The van der Waals surface area contributed by atoms with Gasteiger partial charge in [0.05, 0.1) is 6.54 Å². The topological polar surface area (TPSA) is 65.5 Å². The third-order valence-corrected chi connectivity index (χ3v) is 2.59. The molecule has 0 saturated carbocycles. The summed E-state index contributed by atoms with van der Waals surface area (Å²) in [6, 6.07) is 6.21. The minimum absolute atomic E-state index is 0. The van der Waals surface area contributed by atoms with Crippen LogP contribution in [0.2, 0.25) is 0 Å². The number of aliphatic imine (C=N–C) groups is 1. The van der Waals surface area contributed by atoms with E-state index in [0.717, 1.165) is 12.0 Å². The maximum absolute atomic E-state index is 12.8. The van der Waals surface area contributed by atoms with Crippen molar-refractivity contribution in [2.75, 3.05) is 20.1 Å². The Morgan fingerprint density at radius 1 is 1.19 bits per heavy atom. The number of halogens is 2. The summed E-state index contributed by atoms with van der Waals surface area (Å²) >= 11 is 0. The first-order chi connectivity index (χ1) is 9.65. The van der Waals surface area contributed by atoms with E-state index in [0.29, 0.717) is 19.0 Å². The van der Waals surface area contributed by atoms with Crippen molar-refractivity contribution in [3.05, 3.63) is 35.6 Å². The van der Waals surface area contributed by atoms with Crippen LogP contribution in [0.25, 0.3) is 0 Å². The van der Waals surface area contributed by atoms with Crippen molar-refractivity contribution >= 4 is 35.8 Å². The molecule has 1 amide bonds. The van der Waals surface area contributed by atoms with Crippen LogP contribution in [0.15, 0.2) is 29.3 Å². The van der Waals surface area contributed by atoms with Gasteiger partial charge in [0.2, 0.25) is 5.91 Å². The first-order valence-corrected chi connectivity index (χ1v) is 6.61. The molecule has 0 fully saturated rings. The molecule has 0 aliphatic carbocycles. The van der Waals surface area contributed by atoms with Crippen LogP contribution in [-0.2, 0) is 11.3 Å². The van der Waals surface area contributed by atoms with Gasteiger partial charge in [-0.15, -0.1) is 24.0 Å². The van der Waals surface area contributed by atoms with Gasteiger partial charge in [-0.1, -0.05) is 19.1 Å². The van der Waals surface area contributed by atoms with Gasteiger partial charge in [-0.3, -0.25) is 9.79 Å². The quantitative estimate of drug-likeness (QED) is 0.381. The zero-order valence-electron chi connectivity index (χ0n) is 12.3. The Morgan fingerprint density at radius 2 is 1.86 bits per heavy atom. The molecule has 0 atom stereocenters. The van der Waals surface area contributed by atoms with Crippen molar-refractivity contribution in [1.29, 1.82) is 0 Å². The van der Waals surface area contributed by atoms with E-state index < -0.39 is 0 Å². The number of guanidine groups is 1. The van der Waals surface area contributed by atoms with Crippen molar-refractivity contribution in [1.82, 2.24) is 16.0 Å². The van der Waals surface area contributed by atoms with Crippen LogP contribution in [0.5, 0.6) is 0 Å². The summed E-state index contributed by atoms with van der Waals surface area (Å²) in [5.74, 6) is 0.196. The van der Waals surface area contributed by atoms with E-state index >= 15 is 0 Å². The highest BCUT2D eigenvalue weighted by atomic mass is 127. The van der Waals surface area contributed by atoms with Gasteiger partial charge < -0.3 is 16.0 Å². The lowest BCUT2D eigenvalue weighted by atomic mass is 10.2. The number of carbonyl (C=O) groups excluding carboxylic acids is 1. The lowest BCUT2D eigenvalue weighted by molar-refractivity contribution is -0.120. The van der Waals surface area contributed by atoms with Crippen LogP contribution in [0.4, 0.5) is 4.39 Å². The van der Waals surface area contributed by atoms with Gasteiger partial charge in [-0.25, -0.2) is 4.39 Å². The van der Waals surface area contributed by atoms with Crippen LogP contribution in [0, 0.1) is 5.82 Å². The molecule has 0 aromatic heterocycles. The maximum Gasteiger partial charge on any atom is 0.239 e. The Hall–Kier alpha value is -1.38. The van der Waals surface area contributed by atoms with E-state index in [-0.39, 0.29) is 42.2 Å². The van der Waals surface area contributed by atoms with Gasteiger partial charge in [0.25, 0.3) is 0 Å². The average Bonchev–Trinajstić information content (AvgIpc) is 2.47. The Balaban J connectivity index is 0.00000400. The highest BCUT2D eigenvalue weighted by Gasteiger charge is 2.02. The molecule has 1 aromatic rings. The second kappa shape index (κ2) is 11.3. The summed E-state index contributed by atoms with van der Waals surface area (Å²) in [6.07, 6.45) is 0.906. The number of nitrogens with one attached hydrogen (secondary N) is 3. The van der Waals surface area contributed by atoms with E-state index in [4.69, 9.17) is 0 Å². The molecule has 1 rings (SSSR count). The number of hydrogen-bond donors (Lipinski definition) is 3. The predicted octanol–water partition coefficient (Wildman–Crippen LogP) is 1.63. The van der Waals surface area contributed by atoms with Crippen LogP contribution in [0.3, 0.4) is 0 Å². The Labute approximate surface area is 141 Å². The van der Waals surface area contributed by atoms with Gasteiger partial charge in [-0.05, 0) is 24.1 Å². The lowest BCUT2D eigenvalue weighted by Gasteiger charge is -2.11. The summed E-state index contributed by atoms with van der Waals surface area (Å²) in [7, 11) is 1.63. The minimum atomic E-state index is -0.260. The molecule has 0 heterocycles. The zero-order chi connectivity index (χ0) is 14.8. The first kappa shape index (κ1) is 19.6. The monoisotopic (exact) mass is 408 g/mol. The fraction of sp³-hybridized carbons (Fsp3) is 0.429. The molecule has 3 N–H and O–H groups in total. The molecular formula is C14H22FIN4O. The molecule has 7 heteroatoms. The Bertz CT molecular complexity index is 451. The Kier molecular flexibility index (Phi) is 10.6. The molecule has 0 radical (unpaired) electrons. The summed E-state index contributed by atoms with van der Waals surface area (Å²) < 4.78 is 12.8.